The molecule has 1 saturated carbocycles. The van der Waals surface area contributed by atoms with Crippen LogP contribution in [0.5, 0.6) is 0 Å². The summed E-state index contributed by atoms with van der Waals surface area (Å²) in [6.07, 6.45) is 1.22. The number of nitrogens with zero attached hydrogens (tertiary/aromatic N) is 3. The summed E-state index contributed by atoms with van der Waals surface area (Å²) in [5, 5.41) is 6.65. The van der Waals surface area contributed by atoms with E-state index in [9.17, 15) is 18.4 Å². The van der Waals surface area contributed by atoms with Gasteiger partial charge in [0.05, 0.1) is 11.7 Å². The molecule has 1 aromatic rings. The number of alkyl halides is 2. The van der Waals surface area contributed by atoms with Gasteiger partial charge in [0.1, 0.15) is 11.8 Å². The van der Waals surface area contributed by atoms with Gasteiger partial charge in [0.2, 0.25) is 5.91 Å². The first-order chi connectivity index (χ1) is 12.4. The number of carbonyl (C=O) groups excluding carboxylic acids is 2. The van der Waals surface area contributed by atoms with E-state index in [2.05, 4.69) is 10.4 Å². The van der Waals surface area contributed by atoms with E-state index in [1.807, 2.05) is 0 Å². The molecule has 7 nitrogen and oxygen atoms in total. The van der Waals surface area contributed by atoms with E-state index in [1.165, 1.54) is 22.8 Å². The smallest absolute Gasteiger partial charge is 0.282 e. The molecule has 1 aromatic heterocycles. The van der Waals surface area contributed by atoms with Crippen LogP contribution in [0.25, 0.3) is 0 Å². The number of fused-ring (bicyclic) bond motifs is 1. The summed E-state index contributed by atoms with van der Waals surface area (Å²) in [6.45, 7) is 0.784. The molecular weight excluding hydrogens is 346 g/mol. The van der Waals surface area contributed by atoms with Crippen LogP contribution in [0.15, 0.2) is 6.20 Å². The first kappa shape index (κ1) is 17.4. The second-order valence-electron chi connectivity index (χ2n) is 7.38. The summed E-state index contributed by atoms with van der Waals surface area (Å²) in [5.74, 6) is -0.314. The van der Waals surface area contributed by atoms with Crippen LogP contribution in [0, 0.1) is 5.92 Å². The molecular formula is C17H22F2N4O3. The summed E-state index contributed by atoms with van der Waals surface area (Å²) in [6, 6.07) is 0.283. The molecule has 0 spiro atoms. The summed E-state index contributed by atoms with van der Waals surface area (Å²) >= 11 is 0. The fourth-order valence-electron chi connectivity index (χ4n) is 3.81. The zero-order chi connectivity index (χ0) is 18.4. The van der Waals surface area contributed by atoms with Crippen LogP contribution in [0.2, 0.25) is 0 Å². The first-order valence-electron chi connectivity index (χ1n) is 8.99. The Bertz CT molecular complexity index is 719. The van der Waals surface area contributed by atoms with Gasteiger partial charge in [-0.05, 0) is 31.6 Å². The molecule has 4 rings (SSSR count). The number of amides is 2. The van der Waals surface area contributed by atoms with Gasteiger partial charge in [-0.1, -0.05) is 0 Å². The number of rotatable bonds is 4. The molecule has 0 radical (unpaired) electrons. The molecule has 0 aromatic carbocycles. The number of aromatic nitrogens is 2. The van der Waals surface area contributed by atoms with Crippen LogP contribution in [0.4, 0.5) is 8.78 Å². The van der Waals surface area contributed by atoms with Crippen molar-refractivity contribution in [3.8, 4) is 0 Å². The minimum Gasteiger partial charge on any atom is -0.363 e. The highest BCUT2D eigenvalue weighted by Crippen LogP contribution is 2.35. The highest BCUT2D eigenvalue weighted by atomic mass is 19.3. The minimum absolute atomic E-state index is 0.0676. The van der Waals surface area contributed by atoms with E-state index >= 15 is 0 Å². The van der Waals surface area contributed by atoms with Gasteiger partial charge in [0.15, 0.2) is 0 Å². The van der Waals surface area contributed by atoms with Gasteiger partial charge in [-0.3, -0.25) is 14.3 Å². The van der Waals surface area contributed by atoms with Crippen molar-refractivity contribution in [1.82, 2.24) is 20.0 Å². The van der Waals surface area contributed by atoms with Crippen LogP contribution >= 0.6 is 0 Å². The number of hydrogen-bond acceptors (Lipinski definition) is 4. The number of carbonyl (C=O) groups is 2. The third kappa shape index (κ3) is 3.32. The Labute approximate surface area is 149 Å². The molecule has 26 heavy (non-hydrogen) atoms. The number of likely N-dealkylation sites (tertiary alicyclic amines) is 1. The number of nitrogens with one attached hydrogen (secondary N) is 1. The van der Waals surface area contributed by atoms with Gasteiger partial charge in [-0.2, -0.15) is 5.10 Å². The van der Waals surface area contributed by atoms with E-state index in [0.29, 0.717) is 25.9 Å². The maximum atomic E-state index is 13.1. The predicted octanol–water partition coefficient (Wildman–Crippen LogP) is 1.26. The Morgan fingerprint density at radius 2 is 2.12 bits per heavy atom. The molecule has 0 bridgehead atoms. The van der Waals surface area contributed by atoms with Crippen LogP contribution in [-0.4, -0.2) is 57.8 Å². The molecule has 2 saturated heterocycles. The summed E-state index contributed by atoms with van der Waals surface area (Å²) in [4.78, 5) is 26.4. The van der Waals surface area contributed by atoms with Crippen molar-refractivity contribution in [2.45, 2.75) is 50.4 Å². The molecule has 3 heterocycles. The lowest BCUT2D eigenvalue weighted by Gasteiger charge is -2.34. The molecule has 2 amide bonds. The van der Waals surface area contributed by atoms with E-state index < -0.39 is 24.1 Å². The number of ether oxygens (including phenoxy) is 1. The van der Waals surface area contributed by atoms with Gasteiger partial charge in [-0.25, -0.2) is 8.78 Å². The Balaban J connectivity index is 1.41. The predicted molar refractivity (Wildman–Crippen MR) is 86.6 cm³/mol. The standard InChI is InChI=1S/C17H22F2N4O3/c1-22-7-11(14(21-22)15(18)19)17(25)23-5-4-9-6-12(26-13(9)8-23)16(24)20-10-2-3-10/h7,9-10,12-13,15H,2-6,8H2,1H3,(H,20,24)/t9-,12+,13-/m0/s1. The van der Waals surface area contributed by atoms with Gasteiger partial charge >= 0.3 is 0 Å². The molecule has 2 aliphatic heterocycles. The number of hydrogen-bond donors (Lipinski definition) is 1. The van der Waals surface area contributed by atoms with Crippen molar-refractivity contribution in [2.24, 2.45) is 13.0 Å². The van der Waals surface area contributed by atoms with Crippen molar-refractivity contribution in [3.05, 3.63) is 17.5 Å². The third-order valence-electron chi connectivity index (χ3n) is 5.35. The van der Waals surface area contributed by atoms with Gasteiger partial charge in [-0.15, -0.1) is 0 Å². The zero-order valence-electron chi connectivity index (χ0n) is 14.5. The Kier molecular flexibility index (Phi) is 4.42. The van der Waals surface area contributed by atoms with Crippen molar-refractivity contribution in [3.63, 3.8) is 0 Å². The van der Waals surface area contributed by atoms with Crippen molar-refractivity contribution < 1.29 is 23.1 Å². The average molecular weight is 368 g/mol. The second-order valence-corrected chi connectivity index (χ2v) is 7.38. The lowest BCUT2D eigenvalue weighted by molar-refractivity contribution is -0.132. The van der Waals surface area contributed by atoms with Crippen molar-refractivity contribution in [2.75, 3.05) is 13.1 Å². The van der Waals surface area contributed by atoms with Crippen LogP contribution < -0.4 is 5.32 Å². The highest BCUT2D eigenvalue weighted by Gasteiger charge is 2.44. The van der Waals surface area contributed by atoms with E-state index in [-0.39, 0.29) is 29.5 Å². The van der Waals surface area contributed by atoms with Crippen LogP contribution in [-0.2, 0) is 16.6 Å². The van der Waals surface area contributed by atoms with Crippen LogP contribution in [0.1, 0.15) is 48.2 Å². The quantitative estimate of drug-likeness (QED) is 0.868. The third-order valence-corrected chi connectivity index (χ3v) is 5.35. The fraction of sp³-hybridized carbons (Fsp3) is 0.706. The average Bonchev–Trinajstić information content (AvgIpc) is 3.17. The molecule has 3 atom stereocenters. The number of halogens is 2. The van der Waals surface area contributed by atoms with Crippen molar-refractivity contribution >= 4 is 11.8 Å². The van der Waals surface area contributed by atoms with Gasteiger partial charge in [0, 0.05) is 32.4 Å². The SMILES string of the molecule is Cn1cc(C(=O)N2CC[C@H]3C[C@H](C(=O)NC4CC4)O[C@H]3C2)c(C(F)F)n1. The molecule has 9 heteroatoms. The van der Waals surface area contributed by atoms with Crippen LogP contribution in [0.3, 0.4) is 0 Å². The van der Waals surface area contributed by atoms with Gasteiger partial charge in [0.25, 0.3) is 12.3 Å². The van der Waals surface area contributed by atoms with E-state index in [1.54, 1.807) is 0 Å². The summed E-state index contributed by atoms with van der Waals surface area (Å²) < 4.78 is 33.3. The largest absolute Gasteiger partial charge is 0.363 e. The molecule has 1 aliphatic carbocycles. The molecule has 3 fully saturated rings. The maximum absolute atomic E-state index is 13.1. The van der Waals surface area contributed by atoms with Gasteiger partial charge < -0.3 is 15.0 Å². The summed E-state index contributed by atoms with van der Waals surface area (Å²) in [7, 11) is 1.51. The first-order valence-corrected chi connectivity index (χ1v) is 8.99. The molecule has 0 unspecified atom stereocenters. The Hall–Kier alpha value is -2.03. The second kappa shape index (κ2) is 6.61. The van der Waals surface area contributed by atoms with E-state index in [0.717, 1.165) is 12.8 Å². The lowest BCUT2D eigenvalue weighted by atomic mass is 9.91. The number of aryl methyl sites for hydroxylation is 1. The maximum Gasteiger partial charge on any atom is 0.282 e. The molecule has 1 N–H and O–H groups in total. The minimum atomic E-state index is -2.80. The lowest BCUT2D eigenvalue weighted by Crippen LogP contribution is -2.45. The Morgan fingerprint density at radius 3 is 2.81 bits per heavy atom. The Morgan fingerprint density at radius 1 is 1.35 bits per heavy atom. The van der Waals surface area contributed by atoms with Crippen molar-refractivity contribution in [1.29, 1.82) is 0 Å². The topological polar surface area (TPSA) is 76.5 Å². The number of piperidine rings is 1. The zero-order valence-corrected chi connectivity index (χ0v) is 14.5. The summed E-state index contributed by atoms with van der Waals surface area (Å²) in [5.41, 5.74) is -0.560. The normalized spacial score (nSPS) is 28.3. The highest BCUT2D eigenvalue weighted by molar-refractivity contribution is 5.95. The monoisotopic (exact) mass is 368 g/mol. The van der Waals surface area contributed by atoms with E-state index in [4.69, 9.17) is 4.74 Å². The molecule has 142 valence electrons. The fourth-order valence-corrected chi connectivity index (χ4v) is 3.81. The molecule has 3 aliphatic rings.